The lowest BCUT2D eigenvalue weighted by atomic mass is 9.96. The van der Waals surface area contributed by atoms with E-state index in [9.17, 15) is 0 Å². The average Bonchev–Trinajstić information content (AvgIpc) is 2.21. The third-order valence-corrected chi connectivity index (χ3v) is 2.15. The predicted molar refractivity (Wildman–Crippen MR) is 53.1 cm³/mol. The molecule has 2 rings (SSSR count). The highest BCUT2D eigenvalue weighted by atomic mass is 35.5. The largest absolute Gasteiger partial charge is 0.472 e. The van der Waals surface area contributed by atoms with Crippen LogP contribution in [0.25, 0.3) is 0 Å². The minimum Gasteiger partial charge on any atom is -0.472 e. The monoisotopic (exact) mass is 203 g/mol. The van der Waals surface area contributed by atoms with Crippen LogP contribution < -0.4 is 10.5 Å². The summed E-state index contributed by atoms with van der Waals surface area (Å²) in [6.07, 6.45) is 5.64. The lowest BCUT2D eigenvalue weighted by Gasteiger charge is -2.25. The van der Waals surface area contributed by atoms with Gasteiger partial charge in [0.1, 0.15) is 11.8 Å². The van der Waals surface area contributed by atoms with Crippen LogP contribution in [0.2, 0.25) is 0 Å². The molecule has 4 nitrogen and oxygen atoms in total. The van der Waals surface area contributed by atoms with E-state index in [1.165, 1.54) is 6.42 Å². The third-order valence-electron chi connectivity index (χ3n) is 2.15. The summed E-state index contributed by atoms with van der Waals surface area (Å²) in [4.78, 5) is 0. The number of hydrogen-bond donors (Lipinski definition) is 1. The van der Waals surface area contributed by atoms with Gasteiger partial charge in [-0.1, -0.05) is 0 Å². The zero-order valence-corrected chi connectivity index (χ0v) is 8.38. The van der Waals surface area contributed by atoms with Gasteiger partial charge < -0.3 is 10.5 Å². The number of ether oxygens (including phenoxy) is 1. The van der Waals surface area contributed by atoms with Gasteiger partial charge in [0, 0.05) is 7.05 Å². The van der Waals surface area contributed by atoms with Gasteiger partial charge in [-0.2, -0.15) is 0 Å². The predicted octanol–water partition coefficient (Wildman–Crippen LogP) is 1.36. The second-order valence-corrected chi connectivity index (χ2v) is 3.23. The number of aromatic nitrogens is 2. The number of halogens is 1. The van der Waals surface area contributed by atoms with E-state index in [4.69, 9.17) is 10.5 Å². The molecule has 0 amide bonds. The molecule has 2 N–H and O–H groups in total. The fraction of sp³-hybridized carbons (Fsp3) is 0.625. The van der Waals surface area contributed by atoms with Crippen molar-refractivity contribution in [3.63, 3.8) is 0 Å². The Kier molecular flexibility index (Phi) is 3.03. The molecule has 1 aromatic rings. The molecule has 0 aliphatic heterocycles. The normalized spacial score (nSPS) is 16.1. The van der Waals surface area contributed by atoms with Gasteiger partial charge in [-0.05, 0) is 19.3 Å². The lowest BCUT2D eigenvalue weighted by molar-refractivity contribution is 0.114. The quantitative estimate of drug-likeness (QED) is 0.790. The van der Waals surface area contributed by atoms with Gasteiger partial charge in [0.05, 0.1) is 6.20 Å². The van der Waals surface area contributed by atoms with Crippen molar-refractivity contribution in [2.45, 2.75) is 25.4 Å². The smallest absolute Gasteiger partial charge is 0.256 e. The highest BCUT2D eigenvalue weighted by Crippen LogP contribution is 2.27. The van der Waals surface area contributed by atoms with Crippen LogP contribution in [0.3, 0.4) is 0 Å². The van der Waals surface area contributed by atoms with Gasteiger partial charge in [0.25, 0.3) is 5.88 Å². The molecule has 1 aliphatic rings. The standard InChI is InChI=1S/C8H13N3O.ClH/c1-11-5-7(9)8(10-11)12-6-3-2-4-6;/h5-6H,2-4,9H2,1H3;1H. The summed E-state index contributed by atoms with van der Waals surface area (Å²) in [6, 6.07) is 0. The molecule has 74 valence electrons. The van der Waals surface area contributed by atoms with Gasteiger partial charge in [0.15, 0.2) is 0 Å². The van der Waals surface area contributed by atoms with Crippen LogP contribution in [-0.4, -0.2) is 15.9 Å². The molecule has 1 aliphatic carbocycles. The molecular formula is C8H14ClN3O. The molecule has 1 heterocycles. The molecule has 5 heteroatoms. The van der Waals surface area contributed by atoms with Crippen molar-refractivity contribution in [2.75, 3.05) is 5.73 Å². The van der Waals surface area contributed by atoms with Crippen molar-refractivity contribution in [1.82, 2.24) is 9.78 Å². The van der Waals surface area contributed by atoms with Crippen LogP contribution >= 0.6 is 12.4 Å². The van der Waals surface area contributed by atoms with E-state index in [0.717, 1.165) is 12.8 Å². The maximum atomic E-state index is 5.66. The first-order valence-corrected chi connectivity index (χ1v) is 4.21. The van der Waals surface area contributed by atoms with E-state index >= 15 is 0 Å². The van der Waals surface area contributed by atoms with Crippen molar-refractivity contribution in [2.24, 2.45) is 7.05 Å². The Hall–Kier alpha value is -0.900. The van der Waals surface area contributed by atoms with E-state index in [-0.39, 0.29) is 12.4 Å². The summed E-state index contributed by atoms with van der Waals surface area (Å²) < 4.78 is 7.21. The number of nitrogens with two attached hydrogens (primary N) is 1. The highest BCUT2D eigenvalue weighted by Gasteiger charge is 2.21. The van der Waals surface area contributed by atoms with Crippen molar-refractivity contribution in [3.05, 3.63) is 6.20 Å². The summed E-state index contributed by atoms with van der Waals surface area (Å²) in [5, 5.41) is 4.10. The zero-order valence-electron chi connectivity index (χ0n) is 7.56. The number of nitrogens with zero attached hydrogens (tertiary/aromatic N) is 2. The highest BCUT2D eigenvalue weighted by molar-refractivity contribution is 5.85. The Morgan fingerprint density at radius 1 is 1.62 bits per heavy atom. The summed E-state index contributed by atoms with van der Waals surface area (Å²) in [5.74, 6) is 0.585. The lowest BCUT2D eigenvalue weighted by Crippen LogP contribution is -2.25. The van der Waals surface area contributed by atoms with Crippen molar-refractivity contribution in [1.29, 1.82) is 0 Å². The van der Waals surface area contributed by atoms with Gasteiger partial charge in [-0.25, -0.2) is 0 Å². The Labute approximate surface area is 83.5 Å². The van der Waals surface area contributed by atoms with Gasteiger partial charge >= 0.3 is 0 Å². The van der Waals surface area contributed by atoms with Gasteiger partial charge in [-0.3, -0.25) is 4.68 Å². The number of rotatable bonds is 2. The van der Waals surface area contributed by atoms with Crippen LogP contribution in [0.5, 0.6) is 5.88 Å². The maximum Gasteiger partial charge on any atom is 0.256 e. The fourth-order valence-corrected chi connectivity index (χ4v) is 1.22. The van der Waals surface area contributed by atoms with E-state index in [1.807, 2.05) is 7.05 Å². The molecular weight excluding hydrogens is 190 g/mol. The van der Waals surface area contributed by atoms with Crippen LogP contribution in [0.15, 0.2) is 6.20 Å². The summed E-state index contributed by atoms with van der Waals surface area (Å²) in [6.45, 7) is 0. The summed E-state index contributed by atoms with van der Waals surface area (Å²) in [5.41, 5.74) is 6.29. The molecule has 0 radical (unpaired) electrons. The molecule has 0 aromatic carbocycles. The Balaban J connectivity index is 0.000000845. The average molecular weight is 204 g/mol. The second kappa shape index (κ2) is 3.87. The van der Waals surface area contributed by atoms with E-state index in [0.29, 0.717) is 17.7 Å². The fourth-order valence-electron chi connectivity index (χ4n) is 1.22. The van der Waals surface area contributed by atoms with Gasteiger partial charge in [0.2, 0.25) is 0 Å². The van der Waals surface area contributed by atoms with Crippen molar-refractivity contribution < 1.29 is 4.74 Å². The number of aryl methyl sites for hydroxylation is 1. The van der Waals surface area contributed by atoms with Crippen LogP contribution in [-0.2, 0) is 7.05 Å². The molecule has 1 fully saturated rings. The Bertz CT molecular complexity index is 283. The van der Waals surface area contributed by atoms with E-state index in [2.05, 4.69) is 5.10 Å². The summed E-state index contributed by atoms with van der Waals surface area (Å²) in [7, 11) is 1.84. The molecule has 1 aromatic heterocycles. The topological polar surface area (TPSA) is 53.1 Å². The SMILES string of the molecule is Cl.Cn1cc(N)c(OC2CCC2)n1. The molecule has 13 heavy (non-hydrogen) atoms. The number of nitrogen functional groups attached to an aromatic ring is 1. The first-order chi connectivity index (χ1) is 5.75. The number of anilines is 1. The molecule has 1 saturated carbocycles. The molecule has 0 saturated heterocycles. The molecule has 0 atom stereocenters. The van der Waals surface area contributed by atoms with Crippen LogP contribution in [0.1, 0.15) is 19.3 Å². The van der Waals surface area contributed by atoms with Crippen molar-refractivity contribution >= 4 is 18.1 Å². The van der Waals surface area contributed by atoms with Crippen LogP contribution in [0.4, 0.5) is 5.69 Å². The first-order valence-electron chi connectivity index (χ1n) is 4.21. The van der Waals surface area contributed by atoms with Crippen LogP contribution in [0, 0.1) is 0 Å². The third kappa shape index (κ3) is 2.06. The number of hydrogen-bond acceptors (Lipinski definition) is 3. The van der Waals surface area contributed by atoms with Gasteiger partial charge in [-0.15, -0.1) is 17.5 Å². The van der Waals surface area contributed by atoms with E-state index < -0.39 is 0 Å². The van der Waals surface area contributed by atoms with Crippen molar-refractivity contribution in [3.8, 4) is 5.88 Å². The Morgan fingerprint density at radius 2 is 2.31 bits per heavy atom. The second-order valence-electron chi connectivity index (χ2n) is 3.23. The Morgan fingerprint density at radius 3 is 2.69 bits per heavy atom. The minimum absolute atomic E-state index is 0. The van der Waals surface area contributed by atoms with E-state index in [1.54, 1.807) is 10.9 Å². The molecule has 0 unspecified atom stereocenters. The molecule has 0 bridgehead atoms. The minimum atomic E-state index is 0. The molecule has 0 spiro atoms. The first kappa shape index (κ1) is 10.2. The maximum absolute atomic E-state index is 5.66. The summed E-state index contributed by atoms with van der Waals surface area (Å²) >= 11 is 0. The zero-order chi connectivity index (χ0) is 8.55.